The minimum Gasteiger partial charge on any atom is -0.436 e. The van der Waals surface area contributed by atoms with Gasteiger partial charge in [-0.05, 0) is 66.2 Å². The highest BCUT2D eigenvalue weighted by Gasteiger charge is 2.19. The summed E-state index contributed by atoms with van der Waals surface area (Å²) in [6.07, 6.45) is 3.74. The van der Waals surface area contributed by atoms with Crippen molar-refractivity contribution in [3.8, 4) is 40.0 Å². The first-order valence-corrected chi connectivity index (χ1v) is 14.0. The zero-order chi connectivity index (χ0) is 28.3. The summed E-state index contributed by atoms with van der Waals surface area (Å²) >= 11 is 0. The molecule has 7 heteroatoms. The predicted octanol–water partition coefficient (Wildman–Crippen LogP) is 8.86. The standard InChI is InChI=1S/C36H21N5O2/c1-2-8-22(9-3-1)25-20-37-36(38-21-25)41-30-16-14-23(34-39-28-10-4-6-12-32(28)42-34)18-26(30)27-19-24(15-17-31(27)41)35-40-29-11-5-7-13-33(29)43-35/h1-21H. The van der Waals surface area contributed by atoms with E-state index in [0.29, 0.717) is 17.7 Å². The van der Waals surface area contributed by atoms with E-state index in [0.717, 1.165) is 66.3 Å². The lowest BCUT2D eigenvalue weighted by atomic mass is 10.1. The van der Waals surface area contributed by atoms with Crippen LogP contribution in [0.3, 0.4) is 0 Å². The Morgan fingerprint density at radius 3 is 1.51 bits per heavy atom. The Morgan fingerprint density at radius 2 is 0.977 bits per heavy atom. The third-order valence-electron chi connectivity index (χ3n) is 7.79. The second-order valence-corrected chi connectivity index (χ2v) is 10.4. The monoisotopic (exact) mass is 555 g/mol. The van der Waals surface area contributed by atoms with Crippen LogP contribution in [-0.4, -0.2) is 24.5 Å². The van der Waals surface area contributed by atoms with Gasteiger partial charge in [0.2, 0.25) is 17.7 Å². The van der Waals surface area contributed by atoms with Crippen LogP contribution < -0.4 is 0 Å². The van der Waals surface area contributed by atoms with E-state index in [-0.39, 0.29) is 0 Å². The Bertz CT molecular complexity index is 2260. The van der Waals surface area contributed by atoms with Gasteiger partial charge >= 0.3 is 0 Å². The minimum atomic E-state index is 0.572. The van der Waals surface area contributed by atoms with E-state index in [2.05, 4.69) is 41.0 Å². The van der Waals surface area contributed by atoms with Crippen LogP contribution in [0, 0.1) is 0 Å². The zero-order valence-corrected chi connectivity index (χ0v) is 22.7. The number of aromatic nitrogens is 5. The largest absolute Gasteiger partial charge is 0.436 e. The van der Waals surface area contributed by atoms with Crippen molar-refractivity contribution < 1.29 is 8.83 Å². The topological polar surface area (TPSA) is 82.8 Å². The van der Waals surface area contributed by atoms with Gasteiger partial charge in [-0.25, -0.2) is 19.9 Å². The lowest BCUT2D eigenvalue weighted by molar-refractivity contribution is 0.619. The fraction of sp³-hybridized carbons (Fsp3) is 0. The number of benzene rings is 5. The third kappa shape index (κ3) is 3.83. The molecule has 0 N–H and O–H groups in total. The summed E-state index contributed by atoms with van der Waals surface area (Å²) in [5.41, 5.74) is 8.90. The van der Waals surface area contributed by atoms with Crippen LogP contribution in [0.1, 0.15) is 0 Å². The van der Waals surface area contributed by atoms with Gasteiger partial charge in [0.25, 0.3) is 0 Å². The lowest BCUT2D eigenvalue weighted by Gasteiger charge is -2.07. The molecule has 0 fully saturated rings. The van der Waals surface area contributed by atoms with E-state index >= 15 is 0 Å². The normalized spacial score (nSPS) is 11.7. The second kappa shape index (κ2) is 9.22. The van der Waals surface area contributed by atoms with Crippen LogP contribution in [0.2, 0.25) is 0 Å². The molecule has 9 rings (SSSR count). The number of hydrogen-bond donors (Lipinski definition) is 0. The Kier molecular flexibility index (Phi) is 5.06. The number of oxazole rings is 2. The molecule has 0 spiro atoms. The number of para-hydroxylation sites is 4. The van der Waals surface area contributed by atoms with Crippen molar-refractivity contribution in [3.63, 3.8) is 0 Å². The first-order valence-electron chi connectivity index (χ1n) is 14.0. The van der Waals surface area contributed by atoms with Crippen molar-refractivity contribution >= 4 is 44.0 Å². The van der Waals surface area contributed by atoms with Gasteiger partial charge in [-0.1, -0.05) is 54.6 Å². The molecule has 0 saturated heterocycles. The molecular formula is C36H21N5O2. The summed E-state index contributed by atoms with van der Waals surface area (Å²) in [5.74, 6) is 1.73. The molecule has 0 unspecified atom stereocenters. The van der Waals surface area contributed by atoms with E-state index in [9.17, 15) is 0 Å². The Balaban J connectivity index is 1.25. The van der Waals surface area contributed by atoms with Crippen LogP contribution in [0.25, 0.3) is 84.0 Å². The molecular weight excluding hydrogens is 534 g/mol. The molecule has 4 heterocycles. The summed E-state index contributed by atoms with van der Waals surface area (Å²) in [6.45, 7) is 0. The fourth-order valence-corrected chi connectivity index (χ4v) is 5.71. The van der Waals surface area contributed by atoms with E-state index in [1.165, 1.54) is 0 Å². The molecule has 0 radical (unpaired) electrons. The second-order valence-electron chi connectivity index (χ2n) is 10.4. The highest BCUT2D eigenvalue weighted by atomic mass is 16.4. The fourth-order valence-electron chi connectivity index (χ4n) is 5.71. The maximum Gasteiger partial charge on any atom is 0.234 e. The average Bonchev–Trinajstić information content (AvgIpc) is 3.78. The minimum absolute atomic E-state index is 0.572. The van der Waals surface area contributed by atoms with Crippen LogP contribution in [0.5, 0.6) is 0 Å². The maximum atomic E-state index is 6.12. The summed E-state index contributed by atoms with van der Waals surface area (Å²) in [7, 11) is 0. The van der Waals surface area contributed by atoms with E-state index in [1.54, 1.807) is 0 Å². The molecule has 0 amide bonds. The highest BCUT2D eigenvalue weighted by Crippen LogP contribution is 2.37. The lowest BCUT2D eigenvalue weighted by Crippen LogP contribution is -2.00. The molecule has 0 atom stereocenters. The van der Waals surface area contributed by atoms with Gasteiger partial charge in [-0.2, -0.15) is 0 Å². The molecule has 43 heavy (non-hydrogen) atoms. The smallest absolute Gasteiger partial charge is 0.234 e. The van der Waals surface area contributed by atoms with Gasteiger partial charge in [0.15, 0.2) is 11.2 Å². The first-order chi connectivity index (χ1) is 21.3. The summed E-state index contributed by atoms with van der Waals surface area (Å²) < 4.78 is 14.3. The molecule has 9 aromatic rings. The van der Waals surface area contributed by atoms with Gasteiger partial charge < -0.3 is 8.83 Å². The molecule has 0 bridgehead atoms. The van der Waals surface area contributed by atoms with Crippen molar-refractivity contribution in [2.75, 3.05) is 0 Å². The highest BCUT2D eigenvalue weighted by molar-refractivity contribution is 6.11. The summed E-state index contributed by atoms with van der Waals surface area (Å²) in [5, 5.41) is 2.03. The molecule has 202 valence electrons. The molecule has 4 aromatic heterocycles. The molecule has 0 aliphatic carbocycles. The third-order valence-corrected chi connectivity index (χ3v) is 7.79. The molecule has 0 aliphatic rings. The van der Waals surface area contributed by atoms with Crippen molar-refractivity contribution in [2.24, 2.45) is 0 Å². The van der Waals surface area contributed by atoms with Gasteiger partial charge in [-0.15, -0.1) is 0 Å². The van der Waals surface area contributed by atoms with Gasteiger partial charge in [0, 0.05) is 39.9 Å². The molecule has 0 saturated carbocycles. The zero-order valence-electron chi connectivity index (χ0n) is 22.7. The van der Waals surface area contributed by atoms with Crippen LogP contribution in [0.4, 0.5) is 0 Å². The van der Waals surface area contributed by atoms with Crippen molar-refractivity contribution in [1.82, 2.24) is 24.5 Å². The number of hydrogen-bond acceptors (Lipinski definition) is 6. The summed E-state index contributed by atoms with van der Waals surface area (Å²) in [6, 6.07) is 38.2. The van der Waals surface area contributed by atoms with Gasteiger partial charge in [0.1, 0.15) is 11.0 Å². The van der Waals surface area contributed by atoms with E-state index in [1.807, 2.05) is 91.3 Å². The Morgan fingerprint density at radius 1 is 0.465 bits per heavy atom. The summed E-state index contributed by atoms with van der Waals surface area (Å²) in [4.78, 5) is 19.1. The van der Waals surface area contributed by atoms with E-state index < -0.39 is 0 Å². The predicted molar refractivity (Wildman–Crippen MR) is 168 cm³/mol. The van der Waals surface area contributed by atoms with Crippen molar-refractivity contribution in [3.05, 3.63) is 128 Å². The molecule has 7 nitrogen and oxygen atoms in total. The van der Waals surface area contributed by atoms with Gasteiger partial charge in [-0.3, -0.25) is 4.57 Å². The Hall–Kier alpha value is -6.08. The maximum absolute atomic E-state index is 6.12. The molecule has 0 aliphatic heterocycles. The van der Waals surface area contributed by atoms with E-state index in [4.69, 9.17) is 28.8 Å². The SMILES string of the molecule is c1ccc(-c2cnc(-n3c4ccc(-c5nc6ccccc6o5)cc4c4cc(-c5nc6ccccc6o5)ccc43)nc2)cc1. The first kappa shape index (κ1) is 23.6. The molecule has 5 aromatic carbocycles. The van der Waals surface area contributed by atoms with Crippen LogP contribution in [0.15, 0.2) is 136 Å². The van der Waals surface area contributed by atoms with Gasteiger partial charge in [0.05, 0.1) is 11.0 Å². The van der Waals surface area contributed by atoms with Crippen molar-refractivity contribution in [2.45, 2.75) is 0 Å². The van der Waals surface area contributed by atoms with Crippen LogP contribution in [-0.2, 0) is 0 Å². The number of rotatable bonds is 4. The number of nitrogens with zero attached hydrogens (tertiary/aromatic N) is 5. The average molecular weight is 556 g/mol. The van der Waals surface area contributed by atoms with Crippen molar-refractivity contribution in [1.29, 1.82) is 0 Å². The quantitative estimate of drug-likeness (QED) is 0.216. The number of fused-ring (bicyclic) bond motifs is 5. The Labute approximate surface area is 244 Å². The van der Waals surface area contributed by atoms with Crippen LogP contribution >= 0.6 is 0 Å².